The first kappa shape index (κ1) is 19.6. The standard InChI is InChI=1S/C21H24N4O3S/c1-21(13-26)8-10-25(11-9-21)20(27)24-19-23-16-17(29-19)15(12-22-18(16)28-2)14-6-4-3-5-7-14/h3-7,12,26H,8-11,13H2,1-2H3,(H,23,24,27). The number of pyridine rings is 1. The quantitative estimate of drug-likeness (QED) is 0.676. The zero-order chi connectivity index (χ0) is 20.4. The fraction of sp³-hybridized carbons (Fsp3) is 0.381. The number of piperidine rings is 1. The predicted molar refractivity (Wildman–Crippen MR) is 114 cm³/mol. The van der Waals surface area contributed by atoms with Crippen LogP contribution in [-0.2, 0) is 0 Å². The minimum Gasteiger partial charge on any atom is -0.479 e. The van der Waals surface area contributed by atoms with Gasteiger partial charge < -0.3 is 14.7 Å². The molecule has 0 unspecified atom stereocenters. The number of methoxy groups -OCH3 is 1. The first-order valence-corrected chi connectivity index (χ1v) is 10.4. The van der Waals surface area contributed by atoms with Crippen LogP contribution in [0.15, 0.2) is 36.5 Å². The Morgan fingerprint density at radius 3 is 2.69 bits per heavy atom. The molecule has 2 aromatic heterocycles. The molecule has 1 saturated heterocycles. The number of fused-ring (bicyclic) bond motifs is 1. The molecule has 8 heteroatoms. The molecule has 0 aliphatic carbocycles. The summed E-state index contributed by atoms with van der Waals surface area (Å²) in [6.45, 7) is 3.44. The van der Waals surface area contributed by atoms with E-state index in [4.69, 9.17) is 4.74 Å². The number of carbonyl (C=O) groups is 1. The van der Waals surface area contributed by atoms with E-state index in [-0.39, 0.29) is 18.1 Å². The van der Waals surface area contributed by atoms with Gasteiger partial charge in [-0.2, -0.15) is 0 Å². The van der Waals surface area contributed by atoms with Gasteiger partial charge in [-0.1, -0.05) is 48.6 Å². The highest BCUT2D eigenvalue weighted by atomic mass is 32.1. The summed E-state index contributed by atoms with van der Waals surface area (Å²) in [5.74, 6) is 0.438. The molecule has 0 spiro atoms. The van der Waals surface area contributed by atoms with Gasteiger partial charge in [-0.25, -0.2) is 14.8 Å². The molecule has 0 saturated carbocycles. The lowest BCUT2D eigenvalue weighted by molar-refractivity contribution is 0.0728. The van der Waals surface area contributed by atoms with Gasteiger partial charge in [0, 0.05) is 31.5 Å². The molecule has 4 rings (SSSR count). The molecule has 1 fully saturated rings. The van der Waals surface area contributed by atoms with Crippen molar-refractivity contribution >= 4 is 32.7 Å². The normalized spacial score (nSPS) is 16.0. The van der Waals surface area contributed by atoms with E-state index in [9.17, 15) is 9.90 Å². The van der Waals surface area contributed by atoms with Crippen molar-refractivity contribution < 1.29 is 14.6 Å². The number of ether oxygens (including phenoxy) is 1. The number of anilines is 1. The SMILES string of the molecule is COc1ncc(-c2ccccc2)c2sc(NC(=O)N3CCC(C)(CO)CC3)nc12. The van der Waals surface area contributed by atoms with Crippen molar-refractivity contribution in [2.45, 2.75) is 19.8 Å². The van der Waals surface area contributed by atoms with Crippen molar-refractivity contribution in [2.75, 3.05) is 32.1 Å². The molecular weight excluding hydrogens is 388 g/mol. The number of nitrogens with one attached hydrogen (secondary N) is 1. The third-order valence-corrected chi connectivity index (χ3v) is 6.52. The van der Waals surface area contributed by atoms with Crippen LogP contribution in [0.4, 0.5) is 9.93 Å². The third-order valence-electron chi connectivity index (χ3n) is 5.52. The molecule has 1 aromatic carbocycles. The highest BCUT2D eigenvalue weighted by molar-refractivity contribution is 7.23. The number of aromatic nitrogens is 2. The fourth-order valence-corrected chi connectivity index (χ4v) is 4.47. The number of aliphatic hydroxyl groups is 1. The van der Waals surface area contributed by atoms with E-state index >= 15 is 0 Å². The van der Waals surface area contributed by atoms with E-state index < -0.39 is 0 Å². The molecule has 1 aliphatic heterocycles. The zero-order valence-corrected chi connectivity index (χ0v) is 17.3. The van der Waals surface area contributed by atoms with Crippen LogP contribution in [0.1, 0.15) is 19.8 Å². The highest BCUT2D eigenvalue weighted by Gasteiger charge is 2.31. The van der Waals surface area contributed by atoms with Gasteiger partial charge in [0.25, 0.3) is 0 Å². The van der Waals surface area contributed by atoms with Crippen molar-refractivity contribution in [3.63, 3.8) is 0 Å². The molecular formula is C21H24N4O3S. The summed E-state index contributed by atoms with van der Waals surface area (Å²) in [5, 5.41) is 13.0. The van der Waals surface area contributed by atoms with Crippen LogP contribution in [0, 0.1) is 5.41 Å². The van der Waals surface area contributed by atoms with E-state index in [1.807, 2.05) is 30.3 Å². The summed E-state index contributed by atoms with van der Waals surface area (Å²) >= 11 is 1.42. The van der Waals surface area contributed by atoms with Crippen LogP contribution >= 0.6 is 11.3 Å². The molecule has 0 radical (unpaired) electrons. The molecule has 0 atom stereocenters. The molecule has 152 valence electrons. The summed E-state index contributed by atoms with van der Waals surface area (Å²) in [6, 6.07) is 9.80. The van der Waals surface area contributed by atoms with Crippen LogP contribution in [-0.4, -0.2) is 52.8 Å². The second kappa shape index (κ2) is 7.96. The highest BCUT2D eigenvalue weighted by Crippen LogP contribution is 2.38. The number of hydrogen-bond acceptors (Lipinski definition) is 6. The average Bonchev–Trinajstić information content (AvgIpc) is 3.17. The van der Waals surface area contributed by atoms with Crippen LogP contribution in [0.3, 0.4) is 0 Å². The van der Waals surface area contributed by atoms with Gasteiger partial charge in [0.05, 0.1) is 11.8 Å². The Kier molecular flexibility index (Phi) is 5.38. The van der Waals surface area contributed by atoms with Gasteiger partial charge in [-0.3, -0.25) is 5.32 Å². The van der Waals surface area contributed by atoms with E-state index in [0.29, 0.717) is 29.6 Å². The number of nitrogens with zero attached hydrogens (tertiary/aromatic N) is 3. The maximum Gasteiger partial charge on any atom is 0.323 e. The maximum absolute atomic E-state index is 12.7. The van der Waals surface area contributed by atoms with Crippen molar-refractivity contribution in [2.24, 2.45) is 5.41 Å². The van der Waals surface area contributed by atoms with Crippen LogP contribution in [0.25, 0.3) is 21.3 Å². The zero-order valence-electron chi connectivity index (χ0n) is 16.5. The molecule has 3 heterocycles. The number of benzene rings is 1. The van der Waals surface area contributed by atoms with Gasteiger partial charge >= 0.3 is 6.03 Å². The minimum atomic E-state index is -0.169. The lowest BCUT2D eigenvalue weighted by Crippen LogP contribution is -2.45. The smallest absolute Gasteiger partial charge is 0.323 e. The molecule has 29 heavy (non-hydrogen) atoms. The van der Waals surface area contributed by atoms with Crippen molar-refractivity contribution in [1.29, 1.82) is 0 Å². The number of likely N-dealkylation sites (tertiary alicyclic amines) is 1. The summed E-state index contributed by atoms with van der Waals surface area (Å²) < 4.78 is 6.30. The Labute approximate surface area is 173 Å². The summed E-state index contributed by atoms with van der Waals surface area (Å²) in [4.78, 5) is 23.5. The topological polar surface area (TPSA) is 87.6 Å². The summed E-state index contributed by atoms with van der Waals surface area (Å²) in [6.07, 6.45) is 3.35. The Hall–Kier alpha value is -2.71. The number of hydrogen-bond donors (Lipinski definition) is 2. The summed E-state index contributed by atoms with van der Waals surface area (Å²) in [7, 11) is 1.56. The first-order valence-electron chi connectivity index (χ1n) is 9.59. The van der Waals surface area contributed by atoms with E-state index in [1.165, 1.54) is 11.3 Å². The fourth-order valence-electron chi connectivity index (χ4n) is 3.50. The Balaban J connectivity index is 1.59. The number of thiazole rings is 1. The number of rotatable bonds is 4. The largest absolute Gasteiger partial charge is 0.479 e. The minimum absolute atomic E-state index is 0.101. The number of amides is 2. The Morgan fingerprint density at radius 2 is 2.03 bits per heavy atom. The van der Waals surface area contributed by atoms with Crippen molar-refractivity contribution in [1.82, 2.24) is 14.9 Å². The monoisotopic (exact) mass is 412 g/mol. The van der Waals surface area contributed by atoms with Gasteiger partial charge in [-0.15, -0.1) is 0 Å². The van der Waals surface area contributed by atoms with E-state index in [1.54, 1.807) is 18.2 Å². The van der Waals surface area contributed by atoms with Crippen LogP contribution < -0.4 is 10.1 Å². The van der Waals surface area contributed by atoms with Crippen molar-refractivity contribution in [3.05, 3.63) is 36.5 Å². The molecule has 1 aliphatic rings. The average molecular weight is 413 g/mol. The number of urea groups is 1. The Morgan fingerprint density at radius 1 is 1.31 bits per heavy atom. The lowest BCUT2D eigenvalue weighted by atomic mass is 9.81. The van der Waals surface area contributed by atoms with Crippen LogP contribution in [0.5, 0.6) is 5.88 Å². The van der Waals surface area contributed by atoms with E-state index in [2.05, 4.69) is 22.2 Å². The second-order valence-electron chi connectivity index (χ2n) is 7.63. The molecule has 2 N–H and O–H groups in total. The lowest BCUT2D eigenvalue weighted by Gasteiger charge is -2.37. The van der Waals surface area contributed by atoms with E-state index in [0.717, 1.165) is 28.7 Å². The van der Waals surface area contributed by atoms with Crippen molar-refractivity contribution in [3.8, 4) is 17.0 Å². The van der Waals surface area contributed by atoms with Gasteiger partial charge in [0.1, 0.15) is 5.52 Å². The third kappa shape index (κ3) is 3.90. The summed E-state index contributed by atoms with van der Waals surface area (Å²) in [5.41, 5.74) is 2.53. The molecule has 7 nitrogen and oxygen atoms in total. The Bertz CT molecular complexity index is 1010. The van der Waals surface area contributed by atoms with Gasteiger partial charge in [0.2, 0.25) is 5.88 Å². The molecule has 0 bridgehead atoms. The predicted octanol–water partition coefficient (Wildman–Crippen LogP) is 3.99. The van der Waals surface area contributed by atoms with Crippen LogP contribution in [0.2, 0.25) is 0 Å². The van der Waals surface area contributed by atoms with Gasteiger partial charge in [0.15, 0.2) is 5.13 Å². The van der Waals surface area contributed by atoms with Gasteiger partial charge in [-0.05, 0) is 23.8 Å². The molecule has 3 aromatic rings. The number of carbonyl (C=O) groups excluding carboxylic acids is 1. The molecule has 2 amide bonds. The second-order valence-corrected chi connectivity index (χ2v) is 8.63. The maximum atomic E-state index is 12.7. The first-order chi connectivity index (χ1) is 14.0. The number of aliphatic hydroxyl groups excluding tert-OH is 1.